The van der Waals surface area contributed by atoms with Crippen LogP contribution in [0, 0.1) is 0 Å². The molecule has 3 aromatic rings. The topological polar surface area (TPSA) is 71.9 Å². The number of fused-ring (bicyclic) bond motifs is 1. The third kappa shape index (κ3) is 5.00. The Morgan fingerprint density at radius 3 is 2.46 bits per heavy atom. The first kappa shape index (κ1) is 25.0. The molecule has 35 heavy (non-hydrogen) atoms. The van der Waals surface area contributed by atoms with Crippen molar-refractivity contribution in [3.8, 4) is 11.5 Å². The molecule has 0 bridgehead atoms. The van der Waals surface area contributed by atoms with Crippen LogP contribution in [0.4, 0.5) is 5.69 Å². The molecular formula is C28H31ClN2O4. The van der Waals surface area contributed by atoms with Gasteiger partial charge in [0.15, 0.2) is 11.5 Å². The average molecular weight is 495 g/mol. The number of carbonyl (C=O) groups excluding carboxylic acids is 1. The molecular weight excluding hydrogens is 464 g/mol. The Labute approximate surface area is 211 Å². The Morgan fingerprint density at radius 1 is 1.17 bits per heavy atom. The van der Waals surface area contributed by atoms with E-state index in [9.17, 15) is 9.90 Å². The molecule has 0 spiro atoms. The van der Waals surface area contributed by atoms with E-state index in [4.69, 9.17) is 21.1 Å². The lowest BCUT2D eigenvalue weighted by Crippen LogP contribution is -2.41. The van der Waals surface area contributed by atoms with E-state index in [1.54, 1.807) is 31.2 Å². The molecule has 4 rings (SSSR count). The number of aromatic nitrogens is 1. The number of ether oxygens (including phenoxy) is 2. The second-order valence-corrected chi connectivity index (χ2v) is 9.73. The van der Waals surface area contributed by atoms with Gasteiger partial charge in [-0.2, -0.15) is 0 Å². The van der Waals surface area contributed by atoms with Crippen molar-refractivity contribution >= 4 is 23.2 Å². The van der Waals surface area contributed by atoms with Gasteiger partial charge >= 0.3 is 0 Å². The summed E-state index contributed by atoms with van der Waals surface area (Å²) >= 11 is 6.18. The molecule has 1 amide bonds. The third-order valence-electron chi connectivity index (χ3n) is 6.40. The maximum atomic E-state index is 13.6. The SMILES string of the molecule is CCC(C)(O)c1ccc(N2C(=O)Cc3cc(OC)c(OC(C)C)cc3[C@@H]2c2ccc(Cl)cc2)cn1. The van der Waals surface area contributed by atoms with Crippen LogP contribution in [0.25, 0.3) is 0 Å². The number of rotatable bonds is 7. The zero-order valence-corrected chi connectivity index (χ0v) is 21.5. The molecule has 0 radical (unpaired) electrons. The lowest BCUT2D eigenvalue weighted by Gasteiger charge is -2.38. The van der Waals surface area contributed by atoms with Crippen LogP contribution in [0.5, 0.6) is 11.5 Å². The lowest BCUT2D eigenvalue weighted by atomic mass is 9.87. The number of carbonyl (C=O) groups is 1. The van der Waals surface area contributed by atoms with Crippen molar-refractivity contribution in [2.45, 2.75) is 58.3 Å². The van der Waals surface area contributed by atoms with Crippen molar-refractivity contribution in [3.63, 3.8) is 0 Å². The minimum Gasteiger partial charge on any atom is -0.493 e. The number of halogens is 1. The van der Waals surface area contributed by atoms with Gasteiger partial charge in [0, 0.05) is 5.02 Å². The highest BCUT2D eigenvalue weighted by Gasteiger charge is 2.36. The summed E-state index contributed by atoms with van der Waals surface area (Å²) in [7, 11) is 1.60. The number of hydrogen-bond donors (Lipinski definition) is 1. The van der Waals surface area contributed by atoms with Crippen molar-refractivity contribution in [1.82, 2.24) is 4.98 Å². The number of amides is 1. The molecule has 1 aromatic heterocycles. The van der Waals surface area contributed by atoms with E-state index < -0.39 is 11.6 Å². The van der Waals surface area contributed by atoms with Gasteiger partial charge in [0.05, 0.1) is 43.3 Å². The number of aliphatic hydroxyl groups is 1. The number of pyridine rings is 1. The van der Waals surface area contributed by atoms with E-state index in [-0.39, 0.29) is 18.4 Å². The van der Waals surface area contributed by atoms with Gasteiger partial charge in [-0.05, 0) is 80.3 Å². The predicted molar refractivity (Wildman–Crippen MR) is 137 cm³/mol. The molecule has 2 atom stereocenters. The van der Waals surface area contributed by atoms with Crippen LogP contribution in [-0.2, 0) is 16.8 Å². The number of benzene rings is 2. The summed E-state index contributed by atoms with van der Waals surface area (Å²) in [4.78, 5) is 19.8. The van der Waals surface area contributed by atoms with Gasteiger partial charge in [-0.15, -0.1) is 0 Å². The fourth-order valence-electron chi connectivity index (χ4n) is 4.36. The largest absolute Gasteiger partial charge is 0.493 e. The maximum Gasteiger partial charge on any atom is 0.232 e. The Hall–Kier alpha value is -3.09. The summed E-state index contributed by atoms with van der Waals surface area (Å²) in [6.45, 7) is 7.56. The van der Waals surface area contributed by atoms with Gasteiger partial charge in [-0.3, -0.25) is 14.7 Å². The van der Waals surface area contributed by atoms with Gasteiger partial charge in [0.1, 0.15) is 5.60 Å². The van der Waals surface area contributed by atoms with Crippen molar-refractivity contribution in [2.75, 3.05) is 12.0 Å². The fourth-order valence-corrected chi connectivity index (χ4v) is 4.48. The first-order valence-electron chi connectivity index (χ1n) is 11.8. The van der Waals surface area contributed by atoms with E-state index >= 15 is 0 Å². The quantitative estimate of drug-likeness (QED) is 0.447. The van der Waals surface area contributed by atoms with E-state index in [2.05, 4.69) is 4.98 Å². The maximum absolute atomic E-state index is 13.6. The van der Waals surface area contributed by atoms with E-state index in [0.29, 0.717) is 34.3 Å². The number of methoxy groups -OCH3 is 1. The van der Waals surface area contributed by atoms with Gasteiger partial charge in [-0.25, -0.2) is 0 Å². The van der Waals surface area contributed by atoms with Crippen LogP contribution in [0.3, 0.4) is 0 Å². The monoisotopic (exact) mass is 494 g/mol. The van der Waals surface area contributed by atoms with Crippen LogP contribution >= 0.6 is 11.6 Å². The summed E-state index contributed by atoms with van der Waals surface area (Å²) in [5.41, 5.74) is 2.93. The molecule has 0 fully saturated rings. The Morgan fingerprint density at radius 2 is 1.89 bits per heavy atom. The van der Waals surface area contributed by atoms with Crippen LogP contribution in [0.2, 0.25) is 5.02 Å². The van der Waals surface area contributed by atoms with Crippen molar-refractivity contribution < 1.29 is 19.4 Å². The molecule has 1 N–H and O–H groups in total. The Balaban J connectivity index is 1.88. The highest BCUT2D eigenvalue weighted by Crippen LogP contribution is 2.43. The smallest absolute Gasteiger partial charge is 0.232 e. The first-order valence-corrected chi connectivity index (χ1v) is 12.2. The second kappa shape index (κ2) is 9.88. The standard InChI is InChI=1S/C28H31ClN2O4/c1-6-28(4,33)25-12-11-21(16-30-25)31-26(32)14-19-13-23(34-5)24(35-17(2)3)15-22(19)27(31)18-7-9-20(29)10-8-18/h7-13,15-17,27,33H,6,14H2,1-5H3/t27-,28?/m0/s1. The molecule has 2 heterocycles. The van der Waals surface area contributed by atoms with Crippen molar-refractivity contribution in [3.05, 3.63) is 82.1 Å². The first-order chi connectivity index (χ1) is 16.6. The fraction of sp³-hybridized carbons (Fsp3) is 0.357. The van der Waals surface area contributed by atoms with E-state index in [0.717, 1.165) is 16.7 Å². The minimum absolute atomic E-state index is 0.0413. The summed E-state index contributed by atoms with van der Waals surface area (Å²) in [5, 5.41) is 11.2. The highest BCUT2D eigenvalue weighted by molar-refractivity contribution is 6.30. The summed E-state index contributed by atoms with van der Waals surface area (Å²) < 4.78 is 11.6. The predicted octanol–water partition coefficient (Wildman–Crippen LogP) is 5.83. The molecule has 1 aliphatic heterocycles. The number of hydrogen-bond acceptors (Lipinski definition) is 5. The van der Waals surface area contributed by atoms with Crippen LogP contribution < -0.4 is 14.4 Å². The van der Waals surface area contributed by atoms with Gasteiger partial charge in [0.25, 0.3) is 0 Å². The summed E-state index contributed by atoms with van der Waals surface area (Å²) in [6.07, 6.45) is 2.36. The molecule has 0 saturated carbocycles. The van der Waals surface area contributed by atoms with Crippen molar-refractivity contribution in [2.24, 2.45) is 0 Å². The Kier molecular flexibility index (Phi) is 7.06. The molecule has 2 aromatic carbocycles. The molecule has 1 aliphatic rings. The van der Waals surface area contributed by atoms with Gasteiger partial charge in [0.2, 0.25) is 5.91 Å². The molecule has 7 heteroatoms. The highest BCUT2D eigenvalue weighted by atomic mass is 35.5. The molecule has 0 aliphatic carbocycles. The zero-order valence-electron chi connectivity index (χ0n) is 20.7. The van der Waals surface area contributed by atoms with Crippen LogP contribution in [0.15, 0.2) is 54.7 Å². The van der Waals surface area contributed by atoms with E-state index in [1.165, 1.54) is 0 Å². The summed E-state index contributed by atoms with van der Waals surface area (Å²) in [5.74, 6) is 1.16. The zero-order chi connectivity index (χ0) is 25.3. The Bertz CT molecular complexity index is 1210. The second-order valence-electron chi connectivity index (χ2n) is 9.29. The van der Waals surface area contributed by atoms with Gasteiger partial charge in [-0.1, -0.05) is 30.7 Å². The van der Waals surface area contributed by atoms with E-state index in [1.807, 2.05) is 63.2 Å². The lowest BCUT2D eigenvalue weighted by molar-refractivity contribution is -0.118. The normalized spacial score (nSPS) is 17.2. The minimum atomic E-state index is -1.04. The molecule has 6 nitrogen and oxygen atoms in total. The number of nitrogens with zero attached hydrogens (tertiary/aromatic N) is 2. The van der Waals surface area contributed by atoms with Gasteiger partial charge < -0.3 is 14.6 Å². The third-order valence-corrected chi connectivity index (χ3v) is 6.66. The van der Waals surface area contributed by atoms with Crippen molar-refractivity contribution in [1.29, 1.82) is 0 Å². The van der Waals surface area contributed by atoms with Crippen LogP contribution in [0.1, 0.15) is 62.5 Å². The van der Waals surface area contributed by atoms with Crippen LogP contribution in [-0.4, -0.2) is 29.2 Å². The summed E-state index contributed by atoms with van der Waals surface area (Å²) in [6, 6.07) is 14.6. The average Bonchev–Trinajstić information content (AvgIpc) is 2.83. The number of anilines is 1. The molecule has 0 saturated heterocycles. The molecule has 184 valence electrons. The molecule has 1 unspecified atom stereocenters.